The van der Waals surface area contributed by atoms with Gasteiger partial charge >= 0.3 is 6.03 Å². The van der Waals surface area contributed by atoms with E-state index in [1.165, 1.54) is 21.9 Å². The molecule has 2 heterocycles. The molecule has 0 saturated heterocycles. The molecule has 7 nitrogen and oxygen atoms in total. The monoisotopic (exact) mass is 439 g/mol. The zero-order valence-corrected chi connectivity index (χ0v) is 17.8. The molecule has 30 heavy (non-hydrogen) atoms. The Bertz CT molecular complexity index is 1300. The van der Waals surface area contributed by atoms with Gasteiger partial charge in [-0.2, -0.15) is 9.61 Å². The van der Waals surface area contributed by atoms with Crippen molar-refractivity contribution in [3.63, 3.8) is 0 Å². The van der Waals surface area contributed by atoms with Crippen molar-refractivity contribution in [3.05, 3.63) is 80.7 Å². The fourth-order valence-electron chi connectivity index (χ4n) is 2.78. The lowest BCUT2D eigenvalue weighted by Gasteiger charge is -2.08. The van der Waals surface area contributed by atoms with Crippen molar-refractivity contribution < 1.29 is 4.79 Å². The number of nitrogens with one attached hydrogen (secondary N) is 2. The second kappa shape index (κ2) is 8.25. The molecule has 2 aromatic carbocycles. The quantitative estimate of drug-likeness (QED) is 0.493. The maximum Gasteiger partial charge on any atom is 0.319 e. The summed E-state index contributed by atoms with van der Waals surface area (Å²) in [6, 6.07) is 14.1. The number of benzene rings is 2. The SMILES string of the molecule is Cc1ccc(-c2nn3c(=O)cc(CNC(=O)Nc4ccc(C)c(Cl)c4)nc3s2)cc1. The second-order valence-electron chi connectivity index (χ2n) is 6.82. The van der Waals surface area contributed by atoms with Crippen LogP contribution < -0.4 is 16.2 Å². The topological polar surface area (TPSA) is 88.4 Å². The van der Waals surface area contributed by atoms with Gasteiger partial charge in [0.05, 0.1) is 12.2 Å². The Hall–Kier alpha value is -3.23. The number of nitrogens with zero attached hydrogens (tertiary/aromatic N) is 3. The molecule has 2 amide bonds. The van der Waals surface area contributed by atoms with Gasteiger partial charge in [0.1, 0.15) is 5.01 Å². The maximum atomic E-state index is 12.4. The number of aryl methyl sites for hydroxylation is 2. The molecule has 4 aromatic rings. The summed E-state index contributed by atoms with van der Waals surface area (Å²) < 4.78 is 1.28. The standard InChI is InChI=1S/C21H18ClN5O2S/c1-12-3-6-14(7-4-12)19-26-27-18(28)10-16(25-21(27)30-19)11-23-20(29)24-15-8-5-13(2)17(22)9-15/h3-10H,11H2,1-2H3,(H2,23,24,29). The van der Waals surface area contributed by atoms with Crippen molar-refractivity contribution in [1.82, 2.24) is 19.9 Å². The van der Waals surface area contributed by atoms with Crippen molar-refractivity contribution >= 4 is 39.6 Å². The first-order valence-electron chi connectivity index (χ1n) is 9.17. The van der Waals surface area contributed by atoms with Crippen LogP contribution in [0.25, 0.3) is 15.5 Å². The molecule has 0 spiro atoms. The third kappa shape index (κ3) is 4.34. The smallest absolute Gasteiger partial charge is 0.319 e. The predicted octanol–water partition coefficient (Wildman–Crippen LogP) is 4.41. The van der Waals surface area contributed by atoms with Gasteiger partial charge in [-0.05, 0) is 31.5 Å². The number of halogens is 1. The van der Waals surface area contributed by atoms with Crippen molar-refractivity contribution in [2.24, 2.45) is 0 Å². The molecule has 4 rings (SSSR count). The van der Waals surface area contributed by atoms with E-state index >= 15 is 0 Å². The summed E-state index contributed by atoms with van der Waals surface area (Å²) >= 11 is 7.40. The van der Waals surface area contributed by atoms with Gasteiger partial charge in [0.25, 0.3) is 5.56 Å². The summed E-state index contributed by atoms with van der Waals surface area (Å²) in [5.74, 6) is 0. The van der Waals surface area contributed by atoms with Gasteiger partial charge in [-0.15, -0.1) is 0 Å². The summed E-state index contributed by atoms with van der Waals surface area (Å²) in [7, 11) is 0. The Balaban J connectivity index is 1.49. The molecule has 0 fully saturated rings. The third-order valence-electron chi connectivity index (χ3n) is 4.46. The van der Waals surface area contributed by atoms with E-state index in [-0.39, 0.29) is 12.1 Å². The van der Waals surface area contributed by atoms with Crippen LogP contribution in [0.4, 0.5) is 10.5 Å². The maximum absolute atomic E-state index is 12.4. The molecule has 0 aliphatic heterocycles. The van der Waals surface area contributed by atoms with Gasteiger partial charge in [-0.1, -0.05) is 58.8 Å². The number of hydrogen-bond donors (Lipinski definition) is 2. The Morgan fingerprint density at radius 3 is 2.63 bits per heavy atom. The number of hydrogen-bond acceptors (Lipinski definition) is 5. The average Bonchev–Trinajstić information content (AvgIpc) is 3.14. The first-order valence-corrected chi connectivity index (χ1v) is 10.4. The second-order valence-corrected chi connectivity index (χ2v) is 8.19. The summed E-state index contributed by atoms with van der Waals surface area (Å²) in [5, 5.41) is 11.1. The van der Waals surface area contributed by atoms with Gasteiger partial charge in [0.2, 0.25) is 4.96 Å². The average molecular weight is 440 g/mol. The van der Waals surface area contributed by atoms with Gasteiger partial charge in [-0.3, -0.25) is 4.79 Å². The number of rotatable bonds is 4. The third-order valence-corrected chi connectivity index (χ3v) is 5.82. The summed E-state index contributed by atoms with van der Waals surface area (Å²) in [6.45, 7) is 4.00. The molecule has 0 bridgehead atoms. The lowest BCUT2D eigenvalue weighted by molar-refractivity contribution is 0.251. The molecule has 0 unspecified atom stereocenters. The van der Waals surface area contributed by atoms with Crippen molar-refractivity contribution in [1.29, 1.82) is 0 Å². The molecule has 9 heteroatoms. The first-order chi connectivity index (χ1) is 14.4. The molecule has 0 atom stereocenters. The molecule has 0 radical (unpaired) electrons. The highest BCUT2D eigenvalue weighted by Crippen LogP contribution is 2.24. The Labute approximate surface area is 181 Å². The number of anilines is 1. The Kier molecular flexibility index (Phi) is 5.52. The van der Waals surface area contributed by atoms with Crippen LogP contribution in [0.5, 0.6) is 0 Å². The molecule has 2 aromatic heterocycles. The van der Waals surface area contributed by atoms with Crippen molar-refractivity contribution in [2.45, 2.75) is 20.4 Å². The number of amides is 2. The molecular formula is C21H18ClN5O2S. The van der Waals surface area contributed by atoms with Crippen LogP contribution in [0, 0.1) is 13.8 Å². The van der Waals surface area contributed by atoms with E-state index in [1.807, 2.05) is 44.2 Å². The highest BCUT2D eigenvalue weighted by Gasteiger charge is 2.11. The van der Waals surface area contributed by atoms with Crippen LogP contribution >= 0.6 is 22.9 Å². The summed E-state index contributed by atoms with van der Waals surface area (Å²) in [6.07, 6.45) is 0. The molecule has 152 valence electrons. The van der Waals surface area contributed by atoms with Gasteiger partial charge in [0.15, 0.2) is 0 Å². The van der Waals surface area contributed by atoms with Crippen LogP contribution in [0.3, 0.4) is 0 Å². The summed E-state index contributed by atoms with van der Waals surface area (Å²) in [5.41, 5.74) is 3.74. The van der Waals surface area contributed by atoms with E-state index < -0.39 is 6.03 Å². The zero-order valence-electron chi connectivity index (χ0n) is 16.3. The van der Waals surface area contributed by atoms with E-state index in [1.54, 1.807) is 12.1 Å². The minimum Gasteiger partial charge on any atom is -0.332 e. The molecule has 0 aliphatic carbocycles. The van der Waals surface area contributed by atoms with E-state index in [0.29, 0.717) is 26.4 Å². The van der Waals surface area contributed by atoms with E-state index in [2.05, 4.69) is 20.7 Å². The largest absolute Gasteiger partial charge is 0.332 e. The number of urea groups is 1. The van der Waals surface area contributed by atoms with Gasteiger partial charge in [-0.25, -0.2) is 9.78 Å². The number of carbonyl (C=O) groups is 1. The first kappa shape index (κ1) is 20.1. The van der Waals surface area contributed by atoms with Crippen LogP contribution in [-0.2, 0) is 6.54 Å². The molecule has 2 N–H and O–H groups in total. The lowest BCUT2D eigenvalue weighted by Crippen LogP contribution is -2.29. The fraction of sp³-hybridized carbons (Fsp3) is 0.143. The number of carbonyl (C=O) groups excluding carboxylic acids is 1. The number of fused-ring (bicyclic) bond motifs is 1. The van der Waals surface area contributed by atoms with Crippen LogP contribution in [0.2, 0.25) is 5.02 Å². The summed E-state index contributed by atoms with van der Waals surface area (Å²) in [4.78, 5) is 29.5. The van der Waals surface area contributed by atoms with E-state index in [9.17, 15) is 9.59 Å². The van der Waals surface area contributed by atoms with Crippen LogP contribution in [0.15, 0.2) is 53.3 Å². The molecule has 0 aliphatic rings. The highest BCUT2D eigenvalue weighted by atomic mass is 35.5. The molecule has 0 saturated carbocycles. The minimum atomic E-state index is -0.415. The van der Waals surface area contributed by atoms with Gasteiger partial charge in [0, 0.05) is 22.3 Å². The van der Waals surface area contributed by atoms with Gasteiger partial charge < -0.3 is 10.6 Å². The lowest BCUT2D eigenvalue weighted by atomic mass is 10.2. The zero-order chi connectivity index (χ0) is 21.3. The van der Waals surface area contributed by atoms with Crippen LogP contribution in [-0.4, -0.2) is 20.6 Å². The normalized spacial score (nSPS) is 10.9. The van der Waals surface area contributed by atoms with Crippen LogP contribution in [0.1, 0.15) is 16.8 Å². The van der Waals surface area contributed by atoms with Crippen molar-refractivity contribution in [3.8, 4) is 10.6 Å². The minimum absolute atomic E-state index is 0.106. The Morgan fingerprint density at radius 2 is 1.90 bits per heavy atom. The predicted molar refractivity (Wildman–Crippen MR) is 119 cm³/mol. The fourth-order valence-corrected chi connectivity index (χ4v) is 3.89. The molecular weight excluding hydrogens is 422 g/mol. The highest BCUT2D eigenvalue weighted by molar-refractivity contribution is 7.19. The van der Waals surface area contributed by atoms with Crippen molar-refractivity contribution in [2.75, 3.05) is 5.32 Å². The number of aromatic nitrogens is 3. The van der Waals surface area contributed by atoms with E-state index in [0.717, 1.165) is 16.7 Å². The Morgan fingerprint density at radius 1 is 1.13 bits per heavy atom. The van der Waals surface area contributed by atoms with E-state index in [4.69, 9.17) is 11.6 Å².